The molecular weight excluding hydrogens is 324 g/mol. The van der Waals surface area contributed by atoms with E-state index in [1.807, 2.05) is 0 Å². The van der Waals surface area contributed by atoms with Crippen molar-refractivity contribution in [3.63, 3.8) is 0 Å². The second kappa shape index (κ2) is 6.70. The summed E-state index contributed by atoms with van der Waals surface area (Å²) in [7, 11) is 0. The lowest BCUT2D eigenvalue weighted by Crippen LogP contribution is -2.43. The Morgan fingerprint density at radius 3 is 2.48 bits per heavy atom. The minimum Gasteiger partial charge on any atom is -0.366 e. The Morgan fingerprint density at radius 1 is 1.24 bits per heavy atom. The van der Waals surface area contributed by atoms with Crippen molar-refractivity contribution in [2.45, 2.75) is 51.4 Å². The molecule has 0 aromatic heterocycles. The Labute approximate surface area is 138 Å². The minimum atomic E-state index is 0.226. The summed E-state index contributed by atoms with van der Waals surface area (Å²) in [5.41, 5.74) is 4.53. The molecule has 3 heteroatoms. The maximum atomic E-state index is 3.59. The zero-order valence-corrected chi connectivity index (χ0v) is 15.7. The molecule has 1 aliphatic heterocycles. The van der Waals surface area contributed by atoms with Crippen LogP contribution in [0.5, 0.6) is 0 Å². The predicted octanol–water partition coefficient (Wildman–Crippen LogP) is 4.41. The van der Waals surface area contributed by atoms with Crippen LogP contribution in [0, 0.1) is 0 Å². The summed E-state index contributed by atoms with van der Waals surface area (Å²) in [5.74, 6) is 0. The standard InChI is InChI=1S/C18H29BrN2/c1-6-20(7-2)10-11-21-14(3)18(4,5)16-9-8-15(13-19)12-17(16)21/h8-9,12,14H,6-7,10-11,13H2,1-5H3/t14-/m1/s1. The molecule has 1 aromatic carbocycles. The van der Waals surface area contributed by atoms with Crippen molar-refractivity contribution >= 4 is 21.6 Å². The zero-order chi connectivity index (χ0) is 15.6. The first kappa shape index (κ1) is 16.8. The van der Waals surface area contributed by atoms with E-state index in [0.29, 0.717) is 6.04 Å². The lowest BCUT2D eigenvalue weighted by molar-refractivity contribution is 0.303. The highest BCUT2D eigenvalue weighted by molar-refractivity contribution is 9.08. The summed E-state index contributed by atoms with van der Waals surface area (Å²) in [6, 6.07) is 7.52. The number of alkyl halides is 1. The van der Waals surface area contributed by atoms with Crippen LogP contribution in [-0.4, -0.2) is 37.1 Å². The van der Waals surface area contributed by atoms with Crippen LogP contribution >= 0.6 is 15.9 Å². The van der Waals surface area contributed by atoms with Crippen LogP contribution in [0.2, 0.25) is 0 Å². The van der Waals surface area contributed by atoms with Gasteiger partial charge in [0.2, 0.25) is 0 Å². The van der Waals surface area contributed by atoms with Crippen molar-refractivity contribution in [1.29, 1.82) is 0 Å². The van der Waals surface area contributed by atoms with E-state index in [0.717, 1.165) is 31.5 Å². The Bertz CT molecular complexity index is 480. The van der Waals surface area contributed by atoms with Gasteiger partial charge in [-0.25, -0.2) is 0 Å². The number of anilines is 1. The lowest BCUT2D eigenvalue weighted by atomic mass is 9.81. The fourth-order valence-electron chi connectivity index (χ4n) is 3.37. The topological polar surface area (TPSA) is 6.48 Å². The second-order valence-electron chi connectivity index (χ2n) is 6.60. The molecule has 0 aliphatic carbocycles. The summed E-state index contributed by atoms with van der Waals surface area (Å²) in [6.45, 7) is 16.2. The van der Waals surface area contributed by atoms with Crippen LogP contribution in [0.25, 0.3) is 0 Å². The van der Waals surface area contributed by atoms with Gasteiger partial charge < -0.3 is 9.80 Å². The molecule has 0 fully saturated rings. The predicted molar refractivity (Wildman–Crippen MR) is 96.7 cm³/mol. The van der Waals surface area contributed by atoms with Crippen molar-refractivity contribution in [3.05, 3.63) is 29.3 Å². The summed E-state index contributed by atoms with van der Waals surface area (Å²) in [4.78, 5) is 5.12. The highest BCUT2D eigenvalue weighted by atomic mass is 79.9. The molecule has 0 spiro atoms. The molecule has 0 amide bonds. The monoisotopic (exact) mass is 352 g/mol. The molecule has 0 radical (unpaired) electrons. The molecule has 0 saturated carbocycles. The van der Waals surface area contributed by atoms with E-state index in [2.05, 4.69) is 78.5 Å². The number of likely N-dealkylation sites (N-methyl/N-ethyl adjacent to an activating group) is 1. The average Bonchev–Trinajstić information content (AvgIpc) is 2.68. The molecule has 1 aliphatic rings. The minimum absolute atomic E-state index is 0.226. The summed E-state index contributed by atoms with van der Waals surface area (Å²) in [5, 5.41) is 0.930. The van der Waals surface area contributed by atoms with E-state index in [-0.39, 0.29) is 5.41 Å². The van der Waals surface area contributed by atoms with E-state index in [1.54, 1.807) is 0 Å². The van der Waals surface area contributed by atoms with Crippen molar-refractivity contribution in [3.8, 4) is 0 Å². The normalized spacial score (nSPS) is 20.1. The third kappa shape index (κ3) is 3.14. The highest BCUT2D eigenvalue weighted by Crippen LogP contribution is 2.45. The van der Waals surface area contributed by atoms with Gasteiger partial charge in [0.1, 0.15) is 0 Å². The smallest absolute Gasteiger partial charge is 0.0411 e. The van der Waals surface area contributed by atoms with Gasteiger partial charge in [0.05, 0.1) is 0 Å². The Morgan fingerprint density at radius 2 is 1.90 bits per heavy atom. The van der Waals surface area contributed by atoms with Crippen molar-refractivity contribution in [2.24, 2.45) is 0 Å². The Balaban J connectivity index is 2.27. The van der Waals surface area contributed by atoms with E-state index in [9.17, 15) is 0 Å². The molecule has 2 rings (SSSR count). The van der Waals surface area contributed by atoms with E-state index in [4.69, 9.17) is 0 Å². The van der Waals surface area contributed by atoms with Gasteiger partial charge in [-0.15, -0.1) is 0 Å². The first-order valence-electron chi connectivity index (χ1n) is 8.14. The molecule has 21 heavy (non-hydrogen) atoms. The van der Waals surface area contributed by atoms with Gasteiger partial charge in [0.15, 0.2) is 0 Å². The van der Waals surface area contributed by atoms with E-state index in [1.165, 1.54) is 16.8 Å². The van der Waals surface area contributed by atoms with Crippen LogP contribution in [0.1, 0.15) is 45.7 Å². The molecule has 2 nitrogen and oxygen atoms in total. The lowest BCUT2D eigenvalue weighted by Gasteiger charge is -2.33. The van der Waals surface area contributed by atoms with E-state index >= 15 is 0 Å². The summed E-state index contributed by atoms with van der Waals surface area (Å²) >= 11 is 3.59. The number of rotatable bonds is 6. The molecule has 0 bridgehead atoms. The molecule has 118 valence electrons. The highest BCUT2D eigenvalue weighted by Gasteiger charge is 2.41. The van der Waals surface area contributed by atoms with Gasteiger partial charge in [-0.05, 0) is 37.2 Å². The molecule has 1 atom stereocenters. The summed E-state index contributed by atoms with van der Waals surface area (Å²) < 4.78 is 0. The Kier molecular flexibility index (Phi) is 5.37. The molecule has 0 N–H and O–H groups in total. The fraction of sp³-hybridized carbons (Fsp3) is 0.667. The van der Waals surface area contributed by atoms with Crippen LogP contribution < -0.4 is 4.90 Å². The van der Waals surface area contributed by atoms with E-state index < -0.39 is 0 Å². The molecular formula is C18H29BrN2. The number of hydrogen-bond acceptors (Lipinski definition) is 2. The first-order chi connectivity index (χ1) is 9.95. The van der Waals surface area contributed by atoms with Crippen LogP contribution in [0.4, 0.5) is 5.69 Å². The second-order valence-corrected chi connectivity index (χ2v) is 7.16. The quantitative estimate of drug-likeness (QED) is 0.699. The molecule has 0 saturated heterocycles. The van der Waals surface area contributed by atoms with Gasteiger partial charge >= 0.3 is 0 Å². The van der Waals surface area contributed by atoms with Gasteiger partial charge in [0.25, 0.3) is 0 Å². The number of halogens is 1. The van der Waals surface area contributed by atoms with Crippen molar-refractivity contribution in [1.82, 2.24) is 4.90 Å². The Hall–Kier alpha value is -0.540. The van der Waals surface area contributed by atoms with Gasteiger partial charge in [-0.1, -0.05) is 55.8 Å². The number of fused-ring (bicyclic) bond motifs is 1. The third-order valence-electron chi connectivity index (χ3n) is 5.28. The van der Waals surface area contributed by atoms with Gasteiger partial charge in [-0.3, -0.25) is 0 Å². The van der Waals surface area contributed by atoms with Crippen molar-refractivity contribution < 1.29 is 0 Å². The molecule has 1 aromatic rings. The van der Waals surface area contributed by atoms with Crippen LogP contribution in [0.15, 0.2) is 18.2 Å². The first-order valence-corrected chi connectivity index (χ1v) is 9.26. The number of nitrogens with zero attached hydrogens (tertiary/aromatic N) is 2. The van der Waals surface area contributed by atoms with Crippen LogP contribution in [0.3, 0.4) is 0 Å². The maximum Gasteiger partial charge on any atom is 0.0411 e. The SMILES string of the molecule is CCN(CC)CCN1c2cc(CBr)ccc2C(C)(C)[C@H]1C. The van der Waals surface area contributed by atoms with Crippen LogP contribution in [-0.2, 0) is 10.7 Å². The molecule has 0 unspecified atom stereocenters. The third-order valence-corrected chi connectivity index (χ3v) is 5.93. The number of benzene rings is 1. The zero-order valence-electron chi connectivity index (χ0n) is 14.1. The number of hydrogen-bond donors (Lipinski definition) is 0. The summed E-state index contributed by atoms with van der Waals surface area (Å²) in [6.07, 6.45) is 0. The average molecular weight is 353 g/mol. The van der Waals surface area contributed by atoms with Gasteiger partial charge in [-0.2, -0.15) is 0 Å². The maximum absolute atomic E-state index is 3.59. The fourth-order valence-corrected chi connectivity index (χ4v) is 3.72. The molecule has 1 heterocycles. The van der Waals surface area contributed by atoms with Gasteiger partial charge in [0, 0.05) is 35.6 Å². The largest absolute Gasteiger partial charge is 0.366 e. The van der Waals surface area contributed by atoms with Crippen molar-refractivity contribution in [2.75, 3.05) is 31.1 Å².